The number of fused-ring (bicyclic) bond motifs is 1. The molecule has 0 aliphatic carbocycles. The molecule has 154 valence electrons. The number of hydrogen-bond acceptors (Lipinski definition) is 5. The molecule has 0 bridgehead atoms. The first-order valence-electron chi connectivity index (χ1n) is 9.38. The summed E-state index contributed by atoms with van der Waals surface area (Å²) in [6, 6.07) is 10.9. The van der Waals surface area contributed by atoms with Crippen molar-refractivity contribution in [2.75, 3.05) is 31.0 Å². The number of methoxy groups -OCH3 is 2. The van der Waals surface area contributed by atoms with Gasteiger partial charge in [-0.15, -0.1) is 0 Å². The van der Waals surface area contributed by atoms with Crippen LogP contribution in [0.2, 0.25) is 0 Å². The van der Waals surface area contributed by atoms with Gasteiger partial charge in [0.1, 0.15) is 17.2 Å². The van der Waals surface area contributed by atoms with Crippen LogP contribution in [-0.2, 0) is 9.59 Å². The minimum Gasteiger partial charge on any atom is -0.497 e. The van der Waals surface area contributed by atoms with Crippen molar-refractivity contribution in [3.05, 3.63) is 42.0 Å². The number of carbonyl (C=O) groups is 2. The average molecular weight is 398 g/mol. The van der Waals surface area contributed by atoms with Crippen LogP contribution in [0, 0.1) is 6.92 Å². The van der Waals surface area contributed by atoms with E-state index in [4.69, 9.17) is 14.2 Å². The van der Waals surface area contributed by atoms with Crippen LogP contribution in [0.4, 0.5) is 11.4 Å². The van der Waals surface area contributed by atoms with Crippen LogP contribution in [-0.4, -0.2) is 38.2 Å². The predicted molar refractivity (Wildman–Crippen MR) is 111 cm³/mol. The van der Waals surface area contributed by atoms with Crippen LogP contribution in [0.25, 0.3) is 0 Å². The Kier molecular flexibility index (Phi) is 5.68. The van der Waals surface area contributed by atoms with Crippen LogP contribution in [0.5, 0.6) is 17.2 Å². The van der Waals surface area contributed by atoms with Crippen molar-refractivity contribution in [1.82, 2.24) is 0 Å². The van der Waals surface area contributed by atoms with Crippen molar-refractivity contribution in [2.24, 2.45) is 0 Å². The van der Waals surface area contributed by atoms with Gasteiger partial charge in [0, 0.05) is 19.0 Å². The summed E-state index contributed by atoms with van der Waals surface area (Å²) in [6.07, 6.45) is 0.121. The molecule has 0 saturated carbocycles. The van der Waals surface area contributed by atoms with E-state index in [0.717, 1.165) is 5.56 Å². The molecule has 0 saturated heterocycles. The van der Waals surface area contributed by atoms with Gasteiger partial charge in [-0.2, -0.15) is 0 Å². The van der Waals surface area contributed by atoms with Crippen molar-refractivity contribution in [3.63, 3.8) is 0 Å². The van der Waals surface area contributed by atoms with Crippen molar-refractivity contribution in [3.8, 4) is 17.2 Å². The van der Waals surface area contributed by atoms with Gasteiger partial charge < -0.3 is 24.4 Å². The smallest absolute Gasteiger partial charge is 0.270 e. The van der Waals surface area contributed by atoms with Crippen LogP contribution < -0.4 is 24.4 Å². The SMILES string of the molecule is COc1ccc(OC)c(NC(=O)CCN2C(=O)C(C)(C)Oc3ccc(C)cc32)c1. The van der Waals surface area contributed by atoms with Gasteiger partial charge in [0.2, 0.25) is 5.91 Å². The molecule has 0 atom stereocenters. The lowest BCUT2D eigenvalue weighted by atomic mass is 10.0. The second-order valence-corrected chi connectivity index (χ2v) is 7.40. The summed E-state index contributed by atoms with van der Waals surface area (Å²) in [5.41, 5.74) is 1.22. The second-order valence-electron chi connectivity index (χ2n) is 7.40. The van der Waals surface area contributed by atoms with Gasteiger partial charge in [0.15, 0.2) is 5.60 Å². The highest BCUT2D eigenvalue weighted by atomic mass is 16.5. The highest BCUT2D eigenvalue weighted by Crippen LogP contribution is 2.38. The fraction of sp³-hybridized carbons (Fsp3) is 0.364. The highest BCUT2D eigenvalue weighted by molar-refractivity contribution is 6.03. The zero-order chi connectivity index (χ0) is 21.2. The first kappa shape index (κ1) is 20.5. The lowest BCUT2D eigenvalue weighted by Gasteiger charge is -2.38. The van der Waals surface area contributed by atoms with Crippen LogP contribution in [0.3, 0.4) is 0 Å². The summed E-state index contributed by atoms with van der Waals surface area (Å²) in [4.78, 5) is 27.1. The number of rotatable bonds is 6. The first-order chi connectivity index (χ1) is 13.7. The number of nitrogens with zero attached hydrogens (tertiary/aromatic N) is 1. The fourth-order valence-corrected chi connectivity index (χ4v) is 3.24. The van der Waals surface area contributed by atoms with E-state index in [9.17, 15) is 9.59 Å². The molecule has 1 N–H and O–H groups in total. The molecule has 1 heterocycles. The van der Waals surface area contributed by atoms with Crippen LogP contribution in [0.1, 0.15) is 25.8 Å². The van der Waals surface area contributed by atoms with Crippen molar-refractivity contribution in [2.45, 2.75) is 32.8 Å². The standard InChI is InChI=1S/C22H26N2O5/c1-14-6-8-19-17(12-14)24(21(26)22(2,3)29-19)11-10-20(25)23-16-13-15(27-4)7-9-18(16)28-5/h6-9,12-13H,10-11H2,1-5H3,(H,23,25). The number of aryl methyl sites for hydroxylation is 1. The summed E-state index contributed by atoms with van der Waals surface area (Å²) >= 11 is 0. The van der Waals surface area contributed by atoms with Crippen LogP contribution in [0.15, 0.2) is 36.4 Å². The Morgan fingerprint density at radius 1 is 1.14 bits per heavy atom. The van der Waals surface area contributed by atoms with E-state index in [1.54, 1.807) is 44.1 Å². The lowest BCUT2D eigenvalue weighted by Crippen LogP contribution is -2.53. The highest BCUT2D eigenvalue weighted by Gasteiger charge is 2.40. The largest absolute Gasteiger partial charge is 0.497 e. The Labute approximate surface area is 170 Å². The van der Waals surface area contributed by atoms with Gasteiger partial charge in [0.25, 0.3) is 5.91 Å². The minimum atomic E-state index is -0.991. The Hall–Kier alpha value is -3.22. The number of benzene rings is 2. The van der Waals surface area contributed by atoms with Gasteiger partial charge in [-0.3, -0.25) is 9.59 Å². The van der Waals surface area contributed by atoms with E-state index in [1.165, 1.54) is 7.11 Å². The van der Waals surface area contributed by atoms with E-state index < -0.39 is 5.60 Å². The third-order valence-corrected chi connectivity index (χ3v) is 4.77. The van der Waals surface area contributed by atoms with Gasteiger partial charge in [0.05, 0.1) is 25.6 Å². The van der Waals surface area contributed by atoms with Crippen molar-refractivity contribution >= 4 is 23.2 Å². The fourth-order valence-electron chi connectivity index (χ4n) is 3.24. The molecule has 1 aliphatic rings. The summed E-state index contributed by atoms with van der Waals surface area (Å²) in [5, 5.41) is 2.83. The second kappa shape index (κ2) is 8.03. The third-order valence-electron chi connectivity index (χ3n) is 4.77. The number of carbonyl (C=O) groups excluding carboxylic acids is 2. The Bertz CT molecular complexity index is 939. The van der Waals surface area contributed by atoms with Gasteiger partial charge in [-0.25, -0.2) is 0 Å². The number of amides is 2. The maximum absolute atomic E-state index is 12.9. The number of hydrogen-bond donors (Lipinski definition) is 1. The molecule has 7 heteroatoms. The Balaban J connectivity index is 1.76. The summed E-state index contributed by atoms with van der Waals surface area (Å²) in [7, 11) is 3.09. The number of anilines is 2. The maximum Gasteiger partial charge on any atom is 0.270 e. The van der Waals surface area contributed by atoms with Crippen LogP contribution >= 0.6 is 0 Å². The molecule has 0 radical (unpaired) electrons. The number of nitrogens with one attached hydrogen (secondary N) is 1. The molecular weight excluding hydrogens is 372 g/mol. The monoisotopic (exact) mass is 398 g/mol. The average Bonchev–Trinajstić information content (AvgIpc) is 2.68. The maximum atomic E-state index is 12.9. The first-order valence-corrected chi connectivity index (χ1v) is 9.38. The molecule has 2 aromatic carbocycles. The molecule has 1 aliphatic heterocycles. The molecule has 0 fully saturated rings. The quantitative estimate of drug-likeness (QED) is 0.805. The van der Waals surface area contributed by atoms with Gasteiger partial charge in [-0.1, -0.05) is 6.07 Å². The van der Waals surface area contributed by atoms with E-state index in [1.807, 2.05) is 25.1 Å². The summed E-state index contributed by atoms with van der Waals surface area (Å²) < 4.78 is 16.4. The molecule has 0 aromatic heterocycles. The Morgan fingerprint density at radius 3 is 2.59 bits per heavy atom. The molecule has 7 nitrogen and oxygen atoms in total. The molecule has 2 amide bonds. The zero-order valence-electron chi connectivity index (χ0n) is 17.4. The topological polar surface area (TPSA) is 77.1 Å². The minimum absolute atomic E-state index is 0.121. The summed E-state index contributed by atoms with van der Waals surface area (Å²) in [6.45, 7) is 5.64. The molecule has 29 heavy (non-hydrogen) atoms. The summed E-state index contributed by atoms with van der Waals surface area (Å²) in [5.74, 6) is 1.36. The molecular formula is C22H26N2O5. The normalized spacial score (nSPS) is 14.7. The van der Waals surface area contributed by atoms with Gasteiger partial charge in [-0.05, 0) is 50.6 Å². The van der Waals surface area contributed by atoms with Crippen molar-refractivity contribution < 1.29 is 23.8 Å². The van der Waals surface area contributed by atoms with E-state index in [-0.39, 0.29) is 24.8 Å². The Morgan fingerprint density at radius 2 is 1.90 bits per heavy atom. The third kappa shape index (κ3) is 4.29. The molecule has 2 aromatic rings. The predicted octanol–water partition coefficient (Wildman–Crippen LogP) is 3.55. The molecule has 0 unspecified atom stereocenters. The number of ether oxygens (including phenoxy) is 3. The molecule has 0 spiro atoms. The van der Waals surface area contributed by atoms with Gasteiger partial charge >= 0.3 is 0 Å². The van der Waals surface area contributed by atoms with E-state index >= 15 is 0 Å². The van der Waals surface area contributed by atoms with E-state index in [0.29, 0.717) is 28.6 Å². The van der Waals surface area contributed by atoms with E-state index in [2.05, 4.69) is 5.32 Å². The lowest BCUT2D eigenvalue weighted by molar-refractivity contribution is -0.132. The molecule has 3 rings (SSSR count). The van der Waals surface area contributed by atoms with Crippen molar-refractivity contribution in [1.29, 1.82) is 0 Å². The zero-order valence-corrected chi connectivity index (χ0v) is 17.4.